The van der Waals surface area contributed by atoms with Crippen LogP contribution in [0.15, 0.2) is 34.3 Å². The number of fused-ring (bicyclic) bond motifs is 1. The first-order valence-electron chi connectivity index (χ1n) is 2.83. The Kier molecular flexibility index (Phi) is 0.887. The van der Waals surface area contributed by atoms with Gasteiger partial charge in [-0.2, -0.15) is 5.11 Å². The summed E-state index contributed by atoms with van der Waals surface area (Å²) >= 11 is 0. The lowest BCUT2D eigenvalue weighted by Crippen LogP contribution is -1.65. The molecule has 0 aliphatic heterocycles. The third kappa shape index (κ3) is 0.556. The molecule has 0 aromatic carbocycles. The fourth-order valence-electron chi connectivity index (χ4n) is 0.883. The van der Waals surface area contributed by atoms with E-state index in [1.54, 1.807) is 29.1 Å². The van der Waals surface area contributed by atoms with Gasteiger partial charge in [0, 0.05) is 18.5 Å². The predicted octanol–water partition coefficient (Wildman–Crippen LogP) is 2.19. The lowest BCUT2D eigenvalue weighted by Gasteiger charge is -1.73. The van der Waals surface area contributed by atoms with Gasteiger partial charge in [-0.05, 0) is 0 Å². The summed E-state index contributed by atoms with van der Waals surface area (Å²) in [6.45, 7) is 0. The lowest BCUT2D eigenvalue weighted by molar-refractivity contribution is 0.608. The SMILES string of the molecule is N=Nc1cc2occn2c1. The van der Waals surface area contributed by atoms with E-state index in [-0.39, 0.29) is 0 Å². The summed E-state index contributed by atoms with van der Waals surface area (Å²) in [6.07, 6.45) is 5.08. The molecule has 0 radical (unpaired) electrons. The Morgan fingerprint density at radius 3 is 3.20 bits per heavy atom. The summed E-state index contributed by atoms with van der Waals surface area (Å²) in [4.78, 5) is 0. The van der Waals surface area contributed by atoms with E-state index in [0.29, 0.717) is 11.4 Å². The first-order chi connectivity index (χ1) is 4.90. The van der Waals surface area contributed by atoms with Crippen LogP contribution in [0.5, 0.6) is 0 Å². The van der Waals surface area contributed by atoms with Gasteiger partial charge in [0.05, 0.1) is 0 Å². The van der Waals surface area contributed by atoms with E-state index in [9.17, 15) is 0 Å². The highest BCUT2D eigenvalue weighted by Gasteiger charge is 1.98. The Morgan fingerprint density at radius 2 is 2.50 bits per heavy atom. The second-order valence-corrected chi connectivity index (χ2v) is 1.96. The number of oxazole rings is 1. The molecule has 0 bridgehead atoms. The van der Waals surface area contributed by atoms with Gasteiger partial charge >= 0.3 is 0 Å². The maximum Gasteiger partial charge on any atom is 0.205 e. The van der Waals surface area contributed by atoms with Gasteiger partial charge in [-0.3, -0.25) is 4.40 Å². The smallest absolute Gasteiger partial charge is 0.205 e. The highest BCUT2D eigenvalue weighted by atomic mass is 16.3. The molecule has 0 saturated heterocycles. The average Bonchev–Trinajstić information content (AvgIpc) is 2.42. The van der Waals surface area contributed by atoms with Gasteiger partial charge in [0.15, 0.2) is 0 Å². The second-order valence-electron chi connectivity index (χ2n) is 1.96. The van der Waals surface area contributed by atoms with Gasteiger partial charge in [0.2, 0.25) is 5.71 Å². The van der Waals surface area contributed by atoms with E-state index in [4.69, 9.17) is 9.95 Å². The number of nitrogens with zero attached hydrogens (tertiary/aromatic N) is 2. The van der Waals surface area contributed by atoms with Crippen LogP contribution in [0.2, 0.25) is 0 Å². The molecule has 0 aliphatic carbocycles. The summed E-state index contributed by atoms with van der Waals surface area (Å²) in [5, 5.41) is 3.25. The molecule has 4 heteroatoms. The Labute approximate surface area is 56.6 Å². The summed E-state index contributed by atoms with van der Waals surface area (Å²) in [5.74, 6) is 0. The van der Waals surface area contributed by atoms with E-state index < -0.39 is 0 Å². The van der Waals surface area contributed by atoms with Crippen LogP contribution in [0.25, 0.3) is 5.71 Å². The molecule has 0 unspecified atom stereocenters. The van der Waals surface area contributed by atoms with Crippen LogP contribution >= 0.6 is 0 Å². The van der Waals surface area contributed by atoms with Crippen molar-refractivity contribution in [3.05, 3.63) is 24.7 Å². The van der Waals surface area contributed by atoms with Gasteiger partial charge in [0.1, 0.15) is 12.0 Å². The summed E-state index contributed by atoms with van der Waals surface area (Å²) in [5.41, 5.74) is 8.01. The number of aromatic nitrogens is 1. The van der Waals surface area contributed by atoms with Crippen LogP contribution in [-0.2, 0) is 0 Å². The zero-order valence-corrected chi connectivity index (χ0v) is 5.11. The molecule has 2 aromatic rings. The van der Waals surface area contributed by atoms with Gasteiger partial charge in [0.25, 0.3) is 0 Å². The predicted molar refractivity (Wildman–Crippen MR) is 34.5 cm³/mol. The van der Waals surface area contributed by atoms with E-state index >= 15 is 0 Å². The zero-order chi connectivity index (χ0) is 6.97. The van der Waals surface area contributed by atoms with E-state index in [1.165, 1.54) is 0 Å². The molecule has 2 heterocycles. The average molecular weight is 135 g/mol. The number of rotatable bonds is 1. The molecule has 0 aliphatic rings. The van der Waals surface area contributed by atoms with Gasteiger partial charge < -0.3 is 4.42 Å². The molecule has 4 nitrogen and oxygen atoms in total. The highest BCUT2D eigenvalue weighted by Crippen LogP contribution is 2.17. The molecular weight excluding hydrogens is 130 g/mol. The van der Waals surface area contributed by atoms with Crippen molar-refractivity contribution in [1.29, 1.82) is 5.53 Å². The maximum absolute atomic E-state index is 6.68. The topological polar surface area (TPSA) is 53.8 Å². The number of nitrogens with one attached hydrogen (secondary N) is 1. The number of hydrogen-bond donors (Lipinski definition) is 1. The fraction of sp³-hybridized carbons (Fsp3) is 0. The molecule has 10 heavy (non-hydrogen) atoms. The minimum absolute atomic E-state index is 0.611. The first kappa shape index (κ1) is 5.22. The quantitative estimate of drug-likeness (QED) is 0.598. The summed E-state index contributed by atoms with van der Waals surface area (Å²) in [6, 6.07) is 1.70. The Bertz CT molecular complexity index is 331. The van der Waals surface area contributed by atoms with Crippen molar-refractivity contribution in [2.45, 2.75) is 0 Å². The largest absolute Gasteiger partial charge is 0.446 e. The molecular formula is C6H5N3O. The lowest BCUT2D eigenvalue weighted by atomic mass is 10.6. The Hall–Kier alpha value is -1.58. The van der Waals surface area contributed by atoms with Crippen molar-refractivity contribution >= 4 is 11.4 Å². The normalized spacial score (nSPS) is 10.4. The van der Waals surface area contributed by atoms with E-state index in [1.807, 2.05) is 0 Å². The second kappa shape index (κ2) is 1.70. The van der Waals surface area contributed by atoms with Crippen molar-refractivity contribution in [3.8, 4) is 0 Å². The minimum Gasteiger partial charge on any atom is -0.446 e. The van der Waals surface area contributed by atoms with Gasteiger partial charge in [-0.1, -0.05) is 0 Å². The van der Waals surface area contributed by atoms with Gasteiger partial charge in [-0.15, -0.1) is 0 Å². The maximum atomic E-state index is 6.68. The highest BCUT2D eigenvalue weighted by molar-refractivity contribution is 5.50. The molecule has 2 aromatic heterocycles. The zero-order valence-electron chi connectivity index (χ0n) is 5.11. The molecule has 0 fully saturated rings. The monoisotopic (exact) mass is 135 g/mol. The third-order valence-electron chi connectivity index (χ3n) is 1.34. The van der Waals surface area contributed by atoms with Crippen molar-refractivity contribution < 1.29 is 4.42 Å². The minimum atomic E-state index is 0.611. The Morgan fingerprint density at radius 1 is 1.60 bits per heavy atom. The molecule has 0 spiro atoms. The molecule has 0 amide bonds. The Balaban J connectivity index is 2.78. The van der Waals surface area contributed by atoms with Crippen LogP contribution in [0.4, 0.5) is 5.69 Å². The third-order valence-corrected chi connectivity index (χ3v) is 1.34. The standard InChI is InChI=1S/C6H5N3O/c7-8-5-3-6-9(4-5)1-2-10-6/h1-4,7H. The van der Waals surface area contributed by atoms with Crippen LogP contribution in [-0.4, -0.2) is 4.40 Å². The van der Waals surface area contributed by atoms with Crippen LogP contribution < -0.4 is 0 Å². The molecule has 0 atom stereocenters. The van der Waals surface area contributed by atoms with Crippen molar-refractivity contribution in [3.63, 3.8) is 0 Å². The van der Waals surface area contributed by atoms with Crippen LogP contribution in [0.3, 0.4) is 0 Å². The van der Waals surface area contributed by atoms with E-state index in [2.05, 4.69) is 5.11 Å². The van der Waals surface area contributed by atoms with Crippen LogP contribution in [0.1, 0.15) is 0 Å². The van der Waals surface area contributed by atoms with Crippen molar-refractivity contribution in [2.75, 3.05) is 0 Å². The molecule has 50 valence electrons. The first-order valence-corrected chi connectivity index (χ1v) is 2.83. The summed E-state index contributed by atoms with van der Waals surface area (Å²) < 4.78 is 6.79. The fourth-order valence-corrected chi connectivity index (χ4v) is 0.883. The number of hydrogen-bond acceptors (Lipinski definition) is 3. The molecule has 0 saturated carbocycles. The molecule has 1 N–H and O–H groups in total. The molecule has 2 rings (SSSR count). The van der Waals surface area contributed by atoms with Crippen molar-refractivity contribution in [1.82, 2.24) is 4.40 Å². The van der Waals surface area contributed by atoms with Gasteiger partial charge in [-0.25, -0.2) is 5.53 Å². The van der Waals surface area contributed by atoms with Crippen LogP contribution in [0, 0.1) is 5.53 Å². The van der Waals surface area contributed by atoms with Crippen molar-refractivity contribution in [2.24, 2.45) is 5.11 Å². The summed E-state index contributed by atoms with van der Waals surface area (Å²) in [7, 11) is 0. The van der Waals surface area contributed by atoms with E-state index in [0.717, 1.165) is 0 Å².